The quantitative estimate of drug-likeness (QED) is 0.335. The van der Waals surface area contributed by atoms with E-state index in [4.69, 9.17) is 4.74 Å². The van der Waals surface area contributed by atoms with Gasteiger partial charge in [-0.05, 0) is 39.9 Å². The predicted molar refractivity (Wildman–Crippen MR) is 124 cm³/mol. The first kappa shape index (κ1) is 19.4. The number of ether oxygens (including phenoxy) is 1. The van der Waals surface area contributed by atoms with Crippen molar-refractivity contribution < 1.29 is 9.53 Å². The van der Waals surface area contributed by atoms with E-state index in [0.717, 1.165) is 33.6 Å². The summed E-state index contributed by atoms with van der Waals surface area (Å²) >= 11 is 0. The number of rotatable bonds is 6. The van der Waals surface area contributed by atoms with E-state index in [0.29, 0.717) is 11.1 Å². The van der Waals surface area contributed by atoms with E-state index in [9.17, 15) is 4.79 Å². The van der Waals surface area contributed by atoms with Gasteiger partial charge in [-0.3, -0.25) is 4.79 Å². The van der Waals surface area contributed by atoms with E-state index in [1.54, 1.807) is 7.11 Å². The van der Waals surface area contributed by atoms with Crippen molar-refractivity contribution in [2.75, 3.05) is 7.11 Å². The lowest BCUT2D eigenvalue weighted by Crippen LogP contribution is -2.03. The smallest absolute Gasteiger partial charge is 0.193 e. The highest BCUT2D eigenvalue weighted by atomic mass is 16.5. The van der Waals surface area contributed by atoms with Crippen LogP contribution in [0.3, 0.4) is 0 Å². The molecule has 4 aromatic rings. The van der Waals surface area contributed by atoms with E-state index < -0.39 is 0 Å². The van der Waals surface area contributed by atoms with Gasteiger partial charge in [-0.25, -0.2) is 0 Å². The van der Waals surface area contributed by atoms with Gasteiger partial charge in [0, 0.05) is 11.1 Å². The maximum Gasteiger partial charge on any atom is 0.193 e. The number of benzene rings is 4. The van der Waals surface area contributed by atoms with Crippen molar-refractivity contribution in [3.63, 3.8) is 0 Å². The van der Waals surface area contributed by atoms with Crippen LogP contribution in [0, 0.1) is 0 Å². The molecule has 0 aliphatic rings. The summed E-state index contributed by atoms with van der Waals surface area (Å²) in [6.45, 7) is 3.80. The van der Waals surface area contributed by atoms with E-state index in [1.165, 1.54) is 0 Å². The minimum absolute atomic E-state index is 0.00981. The van der Waals surface area contributed by atoms with Crippen LogP contribution in [0.15, 0.2) is 104 Å². The SMILES string of the molecule is C=Cc1ccc(-c2ccccc2C(=O)c2ccc(-c3cccc(OC)c3)cc2)cc1. The van der Waals surface area contributed by atoms with Crippen molar-refractivity contribution in [2.24, 2.45) is 0 Å². The molecule has 0 aliphatic carbocycles. The van der Waals surface area contributed by atoms with Crippen molar-refractivity contribution >= 4 is 11.9 Å². The Labute approximate surface area is 177 Å². The third-order valence-electron chi connectivity index (χ3n) is 5.18. The fourth-order valence-electron chi connectivity index (χ4n) is 3.50. The maximum absolute atomic E-state index is 13.3. The van der Waals surface area contributed by atoms with Crippen LogP contribution >= 0.6 is 0 Å². The summed E-state index contributed by atoms with van der Waals surface area (Å²) < 4.78 is 5.31. The lowest BCUT2D eigenvalue weighted by molar-refractivity contribution is 0.103. The van der Waals surface area contributed by atoms with Crippen LogP contribution in [-0.2, 0) is 0 Å². The van der Waals surface area contributed by atoms with Gasteiger partial charge in [-0.2, -0.15) is 0 Å². The zero-order chi connectivity index (χ0) is 20.9. The van der Waals surface area contributed by atoms with Gasteiger partial charge in [0.25, 0.3) is 0 Å². The Morgan fingerprint density at radius 3 is 2.17 bits per heavy atom. The van der Waals surface area contributed by atoms with Crippen molar-refractivity contribution in [3.05, 3.63) is 120 Å². The summed E-state index contributed by atoms with van der Waals surface area (Å²) in [5.41, 5.74) is 6.44. The normalized spacial score (nSPS) is 10.4. The standard InChI is InChI=1S/C28H22O2/c1-3-20-11-13-22(14-12-20)26-9-4-5-10-27(26)28(29)23-17-15-21(16-18-23)24-7-6-8-25(19-24)30-2/h3-19H,1H2,2H3. The molecule has 0 unspecified atom stereocenters. The molecule has 0 spiro atoms. The number of hydrogen-bond donors (Lipinski definition) is 0. The first-order valence-electron chi connectivity index (χ1n) is 9.80. The largest absolute Gasteiger partial charge is 0.497 e. The Balaban J connectivity index is 1.66. The summed E-state index contributed by atoms with van der Waals surface area (Å²) in [5, 5.41) is 0. The molecular formula is C28H22O2. The van der Waals surface area contributed by atoms with Crippen LogP contribution in [0.1, 0.15) is 21.5 Å². The van der Waals surface area contributed by atoms with E-state index in [-0.39, 0.29) is 5.78 Å². The fraction of sp³-hybridized carbons (Fsp3) is 0.0357. The van der Waals surface area contributed by atoms with Gasteiger partial charge in [0.15, 0.2) is 5.78 Å². The third kappa shape index (κ3) is 3.94. The van der Waals surface area contributed by atoms with Crippen molar-refractivity contribution in [3.8, 4) is 28.0 Å². The van der Waals surface area contributed by atoms with Gasteiger partial charge in [-0.15, -0.1) is 0 Å². The van der Waals surface area contributed by atoms with Crippen LogP contribution in [-0.4, -0.2) is 12.9 Å². The fourth-order valence-corrected chi connectivity index (χ4v) is 3.50. The van der Waals surface area contributed by atoms with Crippen LogP contribution in [0.25, 0.3) is 28.3 Å². The lowest BCUT2D eigenvalue weighted by Gasteiger charge is -2.10. The van der Waals surface area contributed by atoms with E-state index in [1.807, 2.05) is 103 Å². The Morgan fingerprint density at radius 1 is 0.767 bits per heavy atom. The lowest BCUT2D eigenvalue weighted by atomic mass is 9.93. The van der Waals surface area contributed by atoms with Crippen LogP contribution in [0.4, 0.5) is 0 Å². The Kier molecular flexibility index (Phi) is 5.58. The molecule has 0 atom stereocenters. The topological polar surface area (TPSA) is 26.3 Å². The van der Waals surface area contributed by atoms with Crippen molar-refractivity contribution in [1.29, 1.82) is 0 Å². The average Bonchev–Trinajstić information content (AvgIpc) is 2.84. The molecule has 146 valence electrons. The Hall–Kier alpha value is -3.91. The molecule has 4 rings (SSSR count). The molecule has 2 nitrogen and oxygen atoms in total. The molecule has 2 heteroatoms. The third-order valence-corrected chi connectivity index (χ3v) is 5.18. The number of ketones is 1. The molecule has 0 bridgehead atoms. The first-order valence-corrected chi connectivity index (χ1v) is 9.80. The molecule has 0 heterocycles. The molecule has 4 aromatic carbocycles. The Bertz CT molecular complexity index is 1190. The van der Waals surface area contributed by atoms with Gasteiger partial charge in [0.05, 0.1) is 7.11 Å². The molecule has 0 amide bonds. The van der Waals surface area contributed by atoms with E-state index in [2.05, 4.69) is 6.58 Å². The van der Waals surface area contributed by atoms with Crippen LogP contribution < -0.4 is 4.74 Å². The van der Waals surface area contributed by atoms with Gasteiger partial charge in [0.1, 0.15) is 5.75 Å². The molecule has 0 saturated heterocycles. The number of carbonyl (C=O) groups excluding carboxylic acids is 1. The van der Waals surface area contributed by atoms with Crippen molar-refractivity contribution in [1.82, 2.24) is 0 Å². The van der Waals surface area contributed by atoms with Gasteiger partial charge in [0.2, 0.25) is 0 Å². The maximum atomic E-state index is 13.3. The first-order chi connectivity index (χ1) is 14.7. The number of carbonyl (C=O) groups is 1. The molecular weight excluding hydrogens is 368 g/mol. The molecule has 30 heavy (non-hydrogen) atoms. The predicted octanol–water partition coefficient (Wildman–Crippen LogP) is 6.90. The summed E-state index contributed by atoms with van der Waals surface area (Å²) in [7, 11) is 1.66. The van der Waals surface area contributed by atoms with Gasteiger partial charge < -0.3 is 4.74 Å². The second kappa shape index (κ2) is 8.62. The van der Waals surface area contributed by atoms with Gasteiger partial charge in [-0.1, -0.05) is 97.6 Å². The van der Waals surface area contributed by atoms with E-state index >= 15 is 0 Å². The zero-order valence-corrected chi connectivity index (χ0v) is 16.8. The minimum atomic E-state index is 0.00981. The monoisotopic (exact) mass is 390 g/mol. The molecule has 0 saturated carbocycles. The minimum Gasteiger partial charge on any atom is -0.497 e. The molecule has 0 aromatic heterocycles. The summed E-state index contributed by atoms with van der Waals surface area (Å²) in [6, 6.07) is 31.4. The number of methoxy groups -OCH3 is 1. The molecule has 0 aliphatic heterocycles. The van der Waals surface area contributed by atoms with Crippen LogP contribution in [0.2, 0.25) is 0 Å². The van der Waals surface area contributed by atoms with Crippen LogP contribution in [0.5, 0.6) is 5.75 Å². The van der Waals surface area contributed by atoms with Crippen molar-refractivity contribution in [2.45, 2.75) is 0 Å². The molecule has 0 N–H and O–H groups in total. The highest BCUT2D eigenvalue weighted by Crippen LogP contribution is 2.28. The molecule has 0 radical (unpaired) electrons. The second-order valence-electron chi connectivity index (χ2n) is 7.01. The van der Waals surface area contributed by atoms with Gasteiger partial charge >= 0.3 is 0 Å². The zero-order valence-electron chi connectivity index (χ0n) is 16.8. The number of hydrogen-bond acceptors (Lipinski definition) is 2. The molecule has 0 fully saturated rings. The summed E-state index contributed by atoms with van der Waals surface area (Å²) in [4.78, 5) is 13.3. The highest BCUT2D eigenvalue weighted by Gasteiger charge is 2.14. The summed E-state index contributed by atoms with van der Waals surface area (Å²) in [6.07, 6.45) is 1.81. The Morgan fingerprint density at radius 2 is 1.47 bits per heavy atom. The average molecular weight is 390 g/mol. The second-order valence-corrected chi connectivity index (χ2v) is 7.01. The highest BCUT2D eigenvalue weighted by molar-refractivity contribution is 6.13. The summed E-state index contributed by atoms with van der Waals surface area (Å²) in [5.74, 6) is 0.819.